The van der Waals surface area contributed by atoms with Gasteiger partial charge in [-0.25, -0.2) is 4.79 Å². The van der Waals surface area contributed by atoms with Crippen molar-refractivity contribution in [3.63, 3.8) is 0 Å². The molecule has 3 unspecified atom stereocenters. The number of piperidine rings is 2. The van der Waals surface area contributed by atoms with Crippen LogP contribution in [-0.2, 0) is 9.53 Å². The zero-order valence-corrected chi connectivity index (χ0v) is 17.9. The van der Waals surface area contributed by atoms with Gasteiger partial charge < -0.3 is 14.7 Å². The fourth-order valence-corrected chi connectivity index (χ4v) is 6.13. The fraction of sp³-hybridized carbons (Fsp3) is 0.696. The van der Waals surface area contributed by atoms with Crippen LogP contribution in [0.2, 0.25) is 0 Å². The quantitative estimate of drug-likeness (QED) is 0.789. The first-order valence-corrected chi connectivity index (χ1v) is 11.7. The number of carbonyl (C=O) groups excluding carboxylic acids is 1. The number of hydrogen-bond acceptors (Lipinski definition) is 6. The molecule has 1 aromatic rings. The van der Waals surface area contributed by atoms with Gasteiger partial charge in [0.2, 0.25) is 0 Å². The number of anilines is 1. The average Bonchev–Trinajstić information content (AvgIpc) is 3.15. The molecule has 1 aromatic heterocycles. The van der Waals surface area contributed by atoms with Crippen LogP contribution in [0.4, 0.5) is 10.5 Å². The van der Waals surface area contributed by atoms with Crippen molar-refractivity contribution in [1.82, 2.24) is 14.8 Å². The molecule has 3 atom stereocenters. The summed E-state index contributed by atoms with van der Waals surface area (Å²) in [6.07, 6.45) is 9.83. The predicted octanol–water partition coefficient (Wildman–Crippen LogP) is 2.59. The van der Waals surface area contributed by atoms with E-state index in [4.69, 9.17) is 4.74 Å². The van der Waals surface area contributed by atoms with E-state index in [0.29, 0.717) is 12.8 Å². The lowest BCUT2D eigenvalue weighted by atomic mass is 9.84. The number of carboxylic acids is 1. The van der Waals surface area contributed by atoms with Crippen LogP contribution in [0.15, 0.2) is 24.5 Å². The average molecular weight is 429 g/mol. The number of rotatable bonds is 4. The van der Waals surface area contributed by atoms with Crippen LogP contribution in [0.25, 0.3) is 0 Å². The molecule has 1 amide bonds. The van der Waals surface area contributed by atoms with Crippen molar-refractivity contribution in [2.45, 2.75) is 69.2 Å². The molecule has 4 heterocycles. The second-order valence-corrected chi connectivity index (χ2v) is 9.39. The molecule has 168 valence electrons. The molecule has 3 aliphatic heterocycles. The molecule has 1 saturated carbocycles. The number of amides is 1. The molecule has 0 aromatic carbocycles. The zero-order valence-electron chi connectivity index (χ0n) is 17.9. The minimum Gasteiger partial charge on any atom is -0.481 e. The van der Waals surface area contributed by atoms with Gasteiger partial charge in [-0.1, -0.05) is 0 Å². The largest absolute Gasteiger partial charge is 0.481 e. The summed E-state index contributed by atoms with van der Waals surface area (Å²) in [6.45, 7) is 3.43. The second-order valence-electron chi connectivity index (χ2n) is 9.39. The Hall–Kier alpha value is -2.35. The van der Waals surface area contributed by atoms with Crippen molar-refractivity contribution in [1.29, 1.82) is 0 Å². The SMILES string of the molecule is O=C(O)C1CCN(C2CCCC3C2OC(=O)N3C2CCN(c3ccncc3)CC2)CC1. The Bertz CT molecular complexity index is 790. The van der Waals surface area contributed by atoms with E-state index >= 15 is 0 Å². The van der Waals surface area contributed by atoms with Gasteiger partial charge in [0.05, 0.1) is 12.0 Å². The third-order valence-corrected chi connectivity index (χ3v) is 7.80. The molecule has 8 heteroatoms. The maximum atomic E-state index is 12.9. The number of aliphatic carboxylic acids is 1. The van der Waals surface area contributed by atoms with Gasteiger partial charge in [0, 0.05) is 43.3 Å². The summed E-state index contributed by atoms with van der Waals surface area (Å²) >= 11 is 0. The van der Waals surface area contributed by atoms with E-state index in [1.165, 1.54) is 5.69 Å². The van der Waals surface area contributed by atoms with Crippen LogP contribution in [0.3, 0.4) is 0 Å². The summed E-state index contributed by atoms with van der Waals surface area (Å²) in [7, 11) is 0. The Balaban J connectivity index is 1.22. The van der Waals surface area contributed by atoms with E-state index in [0.717, 1.165) is 58.3 Å². The summed E-state index contributed by atoms with van der Waals surface area (Å²) in [5.41, 5.74) is 1.19. The molecule has 0 radical (unpaired) electrons. The molecule has 31 heavy (non-hydrogen) atoms. The Morgan fingerprint density at radius 3 is 2.32 bits per heavy atom. The molecule has 5 rings (SSSR count). The van der Waals surface area contributed by atoms with Gasteiger partial charge >= 0.3 is 12.1 Å². The van der Waals surface area contributed by atoms with Gasteiger partial charge in [-0.2, -0.15) is 0 Å². The van der Waals surface area contributed by atoms with E-state index in [1.54, 1.807) is 0 Å². The van der Waals surface area contributed by atoms with Crippen LogP contribution in [-0.4, -0.2) is 82.4 Å². The molecule has 1 N–H and O–H groups in total. The lowest BCUT2D eigenvalue weighted by Gasteiger charge is -2.44. The van der Waals surface area contributed by atoms with Crippen LogP contribution in [0.1, 0.15) is 44.9 Å². The highest BCUT2D eigenvalue weighted by molar-refractivity contribution is 5.71. The van der Waals surface area contributed by atoms with E-state index in [1.807, 2.05) is 24.5 Å². The number of aromatic nitrogens is 1. The standard InChI is InChI=1S/C23H32N4O4/c28-22(29)16-6-12-26(13-7-16)19-2-1-3-20-21(19)31-23(30)27(20)18-8-14-25(15-9-18)17-4-10-24-11-5-17/h4-5,10-11,16,18-21H,1-3,6-9,12-15H2,(H,28,29). The minimum absolute atomic E-state index is 0.0825. The van der Waals surface area contributed by atoms with Gasteiger partial charge in [-0.3, -0.25) is 19.6 Å². The number of pyridine rings is 1. The summed E-state index contributed by atoms with van der Waals surface area (Å²) in [5.74, 6) is -0.915. The molecule has 3 saturated heterocycles. The first-order valence-electron chi connectivity index (χ1n) is 11.7. The number of nitrogens with zero attached hydrogens (tertiary/aromatic N) is 4. The van der Waals surface area contributed by atoms with E-state index in [-0.39, 0.29) is 36.2 Å². The molecule has 0 spiro atoms. The fourth-order valence-electron chi connectivity index (χ4n) is 6.13. The number of carbonyl (C=O) groups is 2. The maximum Gasteiger partial charge on any atom is 0.410 e. The Morgan fingerprint density at radius 2 is 1.65 bits per heavy atom. The van der Waals surface area contributed by atoms with Crippen LogP contribution in [0.5, 0.6) is 0 Å². The van der Waals surface area contributed by atoms with E-state index < -0.39 is 5.97 Å². The highest BCUT2D eigenvalue weighted by Gasteiger charge is 2.51. The van der Waals surface area contributed by atoms with Gasteiger partial charge in [-0.15, -0.1) is 0 Å². The summed E-state index contributed by atoms with van der Waals surface area (Å²) in [5, 5.41) is 9.29. The summed E-state index contributed by atoms with van der Waals surface area (Å²) < 4.78 is 5.99. The predicted molar refractivity (Wildman–Crippen MR) is 115 cm³/mol. The topological polar surface area (TPSA) is 86.2 Å². The highest BCUT2D eigenvalue weighted by atomic mass is 16.6. The maximum absolute atomic E-state index is 12.9. The molecular formula is C23H32N4O4. The van der Waals surface area contributed by atoms with Crippen molar-refractivity contribution < 1.29 is 19.4 Å². The summed E-state index contributed by atoms with van der Waals surface area (Å²) in [6, 6.07) is 4.69. The minimum atomic E-state index is -0.683. The van der Waals surface area contributed by atoms with Gasteiger partial charge in [0.1, 0.15) is 6.10 Å². The lowest BCUT2D eigenvalue weighted by Crippen LogP contribution is -2.56. The molecule has 8 nitrogen and oxygen atoms in total. The first-order chi connectivity index (χ1) is 15.1. The number of hydrogen-bond donors (Lipinski definition) is 1. The summed E-state index contributed by atoms with van der Waals surface area (Å²) in [4.78, 5) is 35.2. The van der Waals surface area contributed by atoms with Crippen LogP contribution < -0.4 is 4.90 Å². The number of likely N-dealkylation sites (tertiary alicyclic amines) is 1. The number of ether oxygens (including phenoxy) is 1. The Morgan fingerprint density at radius 1 is 0.968 bits per heavy atom. The molecular weight excluding hydrogens is 396 g/mol. The zero-order chi connectivity index (χ0) is 21.4. The van der Waals surface area contributed by atoms with Crippen molar-refractivity contribution in [3.05, 3.63) is 24.5 Å². The number of fused-ring (bicyclic) bond motifs is 1. The van der Waals surface area contributed by atoms with Crippen LogP contribution >= 0.6 is 0 Å². The van der Waals surface area contributed by atoms with Gasteiger partial charge in [0.25, 0.3) is 0 Å². The van der Waals surface area contributed by atoms with Gasteiger partial charge in [0.15, 0.2) is 0 Å². The smallest absolute Gasteiger partial charge is 0.410 e. The normalized spacial score (nSPS) is 30.8. The third-order valence-electron chi connectivity index (χ3n) is 7.80. The van der Waals surface area contributed by atoms with Gasteiger partial charge in [-0.05, 0) is 70.2 Å². The van der Waals surface area contributed by atoms with Crippen molar-refractivity contribution in [2.75, 3.05) is 31.1 Å². The molecule has 1 aliphatic carbocycles. The highest BCUT2D eigenvalue weighted by Crippen LogP contribution is 2.39. The molecule has 4 fully saturated rings. The molecule has 0 bridgehead atoms. The third kappa shape index (κ3) is 3.97. The van der Waals surface area contributed by atoms with Crippen molar-refractivity contribution in [3.8, 4) is 0 Å². The molecule has 4 aliphatic rings. The Kier molecular flexibility index (Phi) is 5.73. The Labute approximate surface area is 183 Å². The monoisotopic (exact) mass is 428 g/mol. The first kappa shape index (κ1) is 20.5. The second kappa shape index (κ2) is 8.65. The van der Waals surface area contributed by atoms with Crippen LogP contribution in [0, 0.1) is 5.92 Å². The lowest BCUT2D eigenvalue weighted by molar-refractivity contribution is -0.143. The van der Waals surface area contributed by atoms with Crippen molar-refractivity contribution in [2.24, 2.45) is 5.92 Å². The number of carboxylic acid groups (broad SMARTS) is 1. The van der Waals surface area contributed by atoms with Crippen molar-refractivity contribution >= 4 is 17.7 Å². The van der Waals surface area contributed by atoms with E-state index in [9.17, 15) is 14.7 Å². The van der Waals surface area contributed by atoms with E-state index in [2.05, 4.69) is 19.7 Å².